The average molecular weight is 463 g/mol. The summed E-state index contributed by atoms with van der Waals surface area (Å²) in [5, 5.41) is 7.92. The molecule has 0 saturated carbocycles. The molecule has 172 valence electrons. The molecule has 0 bridgehead atoms. The molecule has 5 amide bonds. The van der Waals surface area contributed by atoms with Gasteiger partial charge in [0.25, 0.3) is 11.8 Å². The Morgan fingerprint density at radius 1 is 0.938 bits per heavy atom. The summed E-state index contributed by atoms with van der Waals surface area (Å²) < 4.78 is 0. The molecule has 0 spiro atoms. The van der Waals surface area contributed by atoms with Gasteiger partial charge in [0.2, 0.25) is 17.7 Å². The number of amides is 5. The van der Waals surface area contributed by atoms with E-state index in [0.29, 0.717) is 11.6 Å². The molecule has 1 aliphatic heterocycles. The quantitative estimate of drug-likeness (QED) is 0.357. The van der Waals surface area contributed by atoms with Gasteiger partial charge in [-0.3, -0.25) is 28.9 Å². The first-order valence-electron chi connectivity index (χ1n) is 10.2. The highest BCUT2D eigenvalue weighted by molar-refractivity contribution is 6.17. The van der Waals surface area contributed by atoms with Crippen molar-refractivity contribution in [3.8, 4) is 0 Å². The summed E-state index contributed by atoms with van der Waals surface area (Å²) in [6.45, 7) is 4.97. The zero-order valence-corrected chi connectivity index (χ0v) is 18.9. The molecule has 0 radical (unpaired) electrons. The summed E-state index contributed by atoms with van der Waals surface area (Å²) in [5.41, 5.74) is 1.48. The topological polar surface area (TPSA) is 125 Å². The molecule has 0 aromatic heterocycles. The van der Waals surface area contributed by atoms with E-state index in [4.69, 9.17) is 11.6 Å². The zero-order chi connectivity index (χ0) is 23.8. The number of halogens is 1. The number of imide groups is 1. The second kappa shape index (κ2) is 11.4. The van der Waals surface area contributed by atoms with Gasteiger partial charge in [0, 0.05) is 36.7 Å². The average Bonchev–Trinajstić information content (AvgIpc) is 3.07. The van der Waals surface area contributed by atoms with Crippen molar-refractivity contribution in [1.82, 2.24) is 15.5 Å². The van der Waals surface area contributed by atoms with Crippen LogP contribution in [-0.2, 0) is 29.9 Å². The van der Waals surface area contributed by atoms with E-state index in [0.717, 1.165) is 22.6 Å². The highest BCUT2D eigenvalue weighted by Gasteiger charge is 2.28. The fourth-order valence-electron chi connectivity index (χ4n) is 2.94. The molecule has 1 heterocycles. The second-order valence-corrected chi connectivity index (χ2v) is 8.02. The van der Waals surface area contributed by atoms with E-state index in [1.54, 1.807) is 38.1 Å². The van der Waals surface area contributed by atoms with Crippen molar-refractivity contribution in [3.05, 3.63) is 42.0 Å². The van der Waals surface area contributed by atoms with Crippen molar-refractivity contribution in [3.63, 3.8) is 0 Å². The minimum absolute atomic E-state index is 0.0791. The molecule has 3 N–H and O–H groups in total. The number of hydrogen-bond acceptors (Lipinski definition) is 5. The minimum atomic E-state index is -0.885. The number of carbonyl (C=O) groups is 5. The van der Waals surface area contributed by atoms with Crippen LogP contribution in [0.25, 0.3) is 0 Å². The number of hydrogen-bond donors (Lipinski definition) is 3. The van der Waals surface area contributed by atoms with E-state index in [-0.39, 0.29) is 18.9 Å². The van der Waals surface area contributed by atoms with E-state index in [2.05, 4.69) is 16.0 Å². The minimum Gasteiger partial charge on any atom is -0.344 e. The molecule has 9 nitrogen and oxygen atoms in total. The fourth-order valence-corrected chi connectivity index (χ4v) is 3.12. The van der Waals surface area contributed by atoms with Gasteiger partial charge in [0.05, 0.1) is 0 Å². The molecule has 1 aliphatic rings. The molecule has 1 aromatic carbocycles. The molecule has 2 rings (SSSR count). The largest absolute Gasteiger partial charge is 0.344 e. The van der Waals surface area contributed by atoms with Crippen molar-refractivity contribution in [1.29, 1.82) is 0 Å². The zero-order valence-electron chi connectivity index (χ0n) is 18.2. The maximum absolute atomic E-state index is 12.7. The van der Waals surface area contributed by atoms with E-state index < -0.39 is 41.6 Å². The molecule has 1 unspecified atom stereocenters. The first-order chi connectivity index (χ1) is 15.1. The van der Waals surface area contributed by atoms with Crippen molar-refractivity contribution in [2.45, 2.75) is 45.2 Å². The first-order valence-corrected chi connectivity index (χ1v) is 10.7. The van der Waals surface area contributed by atoms with Crippen LogP contribution in [0.3, 0.4) is 0 Å². The Bertz CT molecular complexity index is 895. The molecule has 32 heavy (non-hydrogen) atoms. The highest BCUT2D eigenvalue weighted by atomic mass is 35.5. The lowest BCUT2D eigenvalue weighted by Crippen LogP contribution is -2.54. The fraction of sp³-hybridized carbons (Fsp3) is 0.409. The lowest BCUT2D eigenvalue weighted by molar-refractivity contribution is -0.137. The maximum atomic E-state index is 12.7. The summed E-state index contributed by atoms with van der Waals surface area (Å²) in [6, 6.07) is 5.27. The Balaban J connectivity index is 1.87. The first kappa shape index (κ1) is 25.1. The predicted octanol–water partition coefficient (Wildman–Crippen LogP) is 1.32. The Labute approximate surface area is 191 Å². The standard InChI is InChI=1S/C22H27ClN4O5/c1-13(2)20(26-17(28)10-11-27-18(29)8-9-19(27)30)22(32)24-14(3)21(31)25-16-6-4-15(12-23)5-7-16/h4-9,13-14,20H,10-12H2,1-3H3,(H,24,32)(H,25,31)(H,26,28)/t14-,20?/m0/s1. The molecule has 2 atom stereocenters. The normalized spacial score (nSPS) is 15.0. The number of carbonyl (C=O) groups excluding carboxylic acids is 5. The molecule has 0 saturated heterocycles. The van der Waals surface area contributed by atoms with Crippen LogP contribution >= 0.6 is 11.6 Å². The van der Waals surface area contributed by atoms with Gasteiger partial charge in [-0.25, -0.2) is 0 Å². The summed E-state index contributed by atoms with van der Waals surface area (Å²) >= 11 is 5.75. The number of alkyl halides is 1. The highest BCUT2D eigenvalue weighted by Crippen LogP contribution is 2.12. The van der Waals surface area contributed by atoms with Gasteiger partial charge in [-0.1, -0.05) is 26.0 Å². The van der Waals surface area contributed by atoms with Crippen LogP contribution in [0.15, 0.2) is 36.4 Å². The van der Waals surface area contributed by atoms with Crippen LogP contribution in [0.2, 0.25) is 0 Å². The summed E-state index contributed by atoms with van der Waals surface area (Å²) in [6.07, 6.45) is 2.15. The number of nitrogens with one attached hydrogen (secondary N) is 3. The van der Waals surface area contributed by atoms with Gasteiger partial charge in [-0.15, -0.1) is 11.6 Å². The lowest BCUT2D eigenvalue weighted by atomic mass is 10.0. The molecule has 1 aromatic rings. The van der Waals surface area contributed by atoms with Crippen LogP contribution in [0, 0.1) is 5.92 Å². The summed E-state index contributed by atoms with van der Waals surface area (Å²) in [4.78, 5) is 61.5. The van der Waals surface area contributed by atoms with E-state index in [9.17, 15) is 24.0 Å². The Hall–Kier alpha value is -3.20. The number of benzene rings is 1. The van der Waals surface area contributed by atoms with Crippen LogP contribution in [0.5, 0.6) is 0 Å². The van der Waals surface area contributed by atoms with Crippen molar-refractivity contribution < 1.29 is 24.0 Å². The lowest BCUT2D eigenvalue weighted by Gasteiger charge is -2.24. The van der Waals surface area contributed by atoms with Crippen LogP contribution in [0.1, 0.15) is 32.8 Å². The van der Waals surface area contributed by atoms with Crippen molar-refractivity contribution >= 4 is 46.8 Å². The van der Waals surface area contributed by atoms with Crippen LogP contribution in [0.4, 0.5) is 5.69 Å². The van der Waals surface area contributed by atoms with Crippen LogP contribution < -0.4 is 16.0 Å². The SMILES string of the molecule is CC(C)C(NC(=O)CCN1C(=O)C=CC1=O)C(=O)N[C@@H](C)C(=O)Nc1ccc(CCl)cc1. The molecular formula is C22H27ClN4O5. The Morgan fingerprint density at radius 3 is 2.06 bits per heavy atom. The smallest absolute Gasteiger partial charge is 0.253 e. The number of anilines is 1. The maximum Gasteiger partial charge on any atom is 0.253 e. The number of rotatable bonds is 10. The third-order valence-electron chi connectivity index (χ3n) is 4.86. The van der Waals surface area contributed by atoms with Gasteiger partial charge in [0.1, 0.15) is 12.1 Å². The van der Waals surface area contributed by atoms with E-state index >= 15 is 0 Å². The van der Waals surface area contributed by atoms with E-state index in [1.165, 1.54) is 6.92 Å². The molecule has 10 heteroatoms. The molecular weight excluding hydrogens is 436 g/mol. The third-order valence-corrected chi connectivity index (χ3v) is 5.17. The second-order valence-electron chi connectivity index (χ2n) is 7.75. The predicted molar refractivity (Wildman–Crippen MR) is 119 cm³/mol. The van der Waals surface area contributed by atoms with Gasteiger partial charge < -0.3 is 16.0 Å². The van der Waals surface area contributed by atoms with Crippen molar-refractivity contribution in [2.24, 2.45) is 5.92 Å². The van der Waals surface area contributed by atoms with Gasteiger partial charge in [0.15, 0.2) is 0 Å². The van der Waals surface area contributed by atoms with Gasteiger partial charge in [-0.2, -0.15) is 0 Å². The van der Waals surface area contributed by atoms with E-state index in [1.807, 2.05) is 0 Å². The Morgan fingerprint density at radius 2 is 1.53 bits per heavy atom. The van der Waals surface area contributed by atoms with Crippen LogP contribution in [-0.4, -0.2) is 53.1 Å². The third kappa shape index (κ3) is 6.91. The molecule has 0 fully saturated rings. The monoisotopic (exact) mass is 462 g/mol. The van der Waals surface area contributed by atoms with Crippen molar-refractivity contribution in [2.75, 3.05) is 11.9 Å². The summed E-state index contributed by atoms with van der Waals surface area (Å²) in [5.74, 6) is -2.24. The number of nitrogens with zero attached hydrogens (tertiary/aromatic N) is 1. The molecule has 0 aliphatic carbocycles. The van der Waals surface area contributed by atoms with Gasteiger partial charge in [-0.05, 0) is 30.5 Å². The van der Waals surface area contributed by atoms with Gasteiger partial charge >= 0.3 is 0 Å². The summed E-state index contributed by atoms with van der Waals surface area (Å²) in [7, 11) is 0. The Kier molecular flexibility index (Phi) is 8.95.